The van der Waals surface area contributed by atoms with Crippen LogP contribution in [0.25, 0.3) is 12.2 Å². The van der Waals surface area contributed by atoms with E-state index in [0.717, 1.165) is 5.56 Å². The van der Waals surface area contributed by atoms with Gasteiger partial charge in [0.25, 0.3) is 5.69 Å². The minimum atomic E-state index is -0.526. The van der Waals surface area contributed by atoms with Gasteiger partial charge in [0.2, 0.25) is 5.90 Å². The number of carbonyl (C=O) groups excluding carboxylic acids is 1. The summed E-state index contributed by atoms with van der Waals surface area (Å²) in [5.41, 5.74) is 2.90. The fourth-order valence-corrected chi connectivity index (χ4v) is 2.54. The number of nitrogens with zero attached hydrogens (tertiary/aromatic N) is 2. The number of rotatable bonds is 5. The van der Waals surface area contributed by atoms with E-state index in [2.05, 4.69) is 18.8 Å². The Morgan fingerprint density at radius 3 is 2.48 bits per heavy atom. The Bertz CT molecular complexity index is 970. The molecule has 3 rings (SSSR count). The van der Waals surface area contributed by atoms with Crippen molar-refractivity contribution in [3.8, 4) is 0 Å². The summed E-state index contributed by atoms with van der Waals surface area (Å²) < 4.78 is 5.13. The van der Waals surface area contributed by atoms with Crippen molar-refractivity contribution >= 4 is 29.7 Å². The van der Waals surface area contributed by atoms with Crippen molar-refractivity contribution in [1.29, 1.82) is 0 Å². The average Bonchev–Trinajstić information content (AvgIpc) is 3.00. The first-order chi connectivity index (χ1) is 12.9. The summed E-state index contributed by atoms with van der Waals surface area (Å²) in [6.45, 7) is 4.23. The minimum Gasteiger partial charge on any atom is -0.403 e. The molecule has 2 aromatic rings. The molecule has 0 bridgehead atoms. The third-order valence-corrected chi connectivity index (χ3v) is 4.04. The van der Waals surface area contributed by atoms with Gasteiger partial charge < -0.3 is 4.74 Å². The fraction of sp³-hybridized carbons (Fsp3) is 0.143. The smallest absolute Gasteiger partial charge is 0.363 e. The van der Waals surface area contributed by atoms with Crippen molar-refractivity contribution in [1.82, 2.24) is 0 Å². The molecular weight excluding hydrogens is 344 g/mol. The summed E-state index contributed by atoms with van der Waals surface area (Å²) in [6, 6.07) is 14.1. The van der Waals surface area contributed by atoms with E-state index in [9.17, 15) is 14.9 Å². The maximum Gasteiger partial charge on any atom is 0.363 e. The number of hydrogen-bond acceptors (Lipinski definition) is 5. The van der Waals surface area contributed by atoms with Gasteiger partial charge in [0, 0.05) is 18.2 Å². The minimum absolute atomic E-state index is 0.00654. The van der Waals surface area contributed by atoms with E-state index in [0.29, 0.717) is 11.5 Å². The molecule has 0 amide bonds. The van der Waals surface area contributed by atoms with E-state index in [1.165, 1.54) is 23.8 Å². The van der Waals surface area contributed by atoms with Crippen molar-refractivity contribution < 1.29 is 14.5 Å². The van der Waals surface area contributed by atoms with E-state index in [1.807, 2.05) is 24.3 Å². The zero-order valence-corrected chi connectivity index (χ0v) is 15.0. The first kappa shape index (κ1) is 18.3. The van der Waals surface area contributed by atoms with Gasteiger partial charge >= 0.3 is 5.97 Å². The molecule has 6 heteroatoms. The van der Waals surface area contributed by atoms with E-state index < -0.39 is 10.9 Å². The van der Waals surface area contributed by atoms with E-state index in [-0.39, 0.29) is 17.3 Å². The third kappa shape index (κ3) is 4.55. The summed E-state index contributed by atoms with van der Waals surface area (Å²) in [6.07, 6.45) is 4.79. The quantitative estimate of drug-likeness (QED) is 0.333. The molecule has 0 saturated carbocycles. The number of ether oxygens (including phenoxy) is 1. The molecule has 136 valence electrons. The van der Waals surface area contributed by atoms with Crippen LogP contribution in [0.5, 0.6) is 0 Å². The first-order valence-corrected chi connectivity index (χ1v) is 8.47. The molecular formula is C21H18N2O4. The molecule has 0 unspecified atom stereocenters. The van der Waals surface area contributed by atoms with Crippen LogP contribution < -0.4 is 0 Å². The molecule has 0 aliphatic carbocycles. The van der Waals surface area contributed by atoms with E-state index in [4.69, 9.17) is 4.74 Å². The van der Waals surface area contributed by atoms with Crippen LogP contribution in [0, 0.1) is 10.1 Å². The van der Waals surface area contributed by atoms with Crippen LogP contribution in [0.3, 0.4) is 0 Å². The Morgan fingerprint density at radius 2 is 1.81 bits per heavy atom. The Kier molecular flexibility index (Phi) is 5.26. The molecule has 0 radical (unpaired) electrons. The maximum absolute atomic E-state index is 12.0. The highest BCUT2D eigenvalue weighted by Crippen LogP contribution is 2.20. The summed E-state index contributed by atoms with van der Waals surface area (Å²) in [7, 11) is 0. The molecule has 6 nitrogen and oxygen atoms in total. The van der Waals surface area contributed by atoms with Gasteiger partial charge in [-0.05, 0) is 34.8 Å². The number of hydrogen-bond donors (Lipinski definition) is 0. The van der Waals surface area contributed by atoms with Gasteiger partial charge in [-0.1, -0.05) is 50.2 Å². The number of esters is 1. The van der Waals surface area contributed by atoms with Crippen LogP contribution in [0.4, 0.5) is 5.69 Å². The zero-order valence-electron chi connectivity index (χ0n) is 15.0. The topological polar surface area (TPSA) is 81.8 Å². The van der Waals surface area contributed by atoms with Crippen molar-refractivity contribution in [2.24, 2.45) is 4.99 Å². The van der Waals surface area contributed by atoms with Crippen LogP contribution in [0.1, 0.15) is 36.5 Å². The van der Waals surface area contributed by atoms with Gasteiger partial charge in [-0.15, -0.1) is 0 Å². The van der Waals surface area contributed by atoms with Crippen molar-refractivity contribution in [2.75, 3.05) is 0 Å². The third-order valence-electron chi connectivity index (χ3n) is 4.04. The van der Waals surface area contributed by atoms with Crippen molar-refractivity contribution in [3.63, 3.8) is 0 Å². The number of nitro benzene ring substituents is 1. The van der Waals surface area contributed by atoms with Gasteiger partial charge in [-0.2, -0.15) is 0 Å². The number of non-ortho nitro benzene ring substituents is 1. The van der Waals surface area contributed by atoms with Gasteiger partial charge in [-0.3, -0.25) is 10.1 Å². The average molecular weight is 362 g/mol. The molecule has 27 heavy (non-hydrogen) atoms. The van der Waals surface area contributed by atoms with Gasteiger partial charge in [0.1, 0.15) is 0 Å². The van der Waals surface area contributed by atoms with Gasteiger partial charge in [-0.25, -0.2) is 9.79 Å². The van der Waals surface area contributed by atoms with Crippen LogP contribution in [-0.4, -0.2) is 16.8 Å². The van der Waals surface area contributed by atoms with Gasteiger partial charge in [0.05, 0.1) is 4.92 Å². The van der Waals surface area contributed by atoms with E-state index >= 15 is 0 Å². The number of cyclic esters (lactones) is 1. The lowest BCUT2D eigenvalue weighted by atomic mass is 10.0. The normalized spacial score (nSPS) is 15.4. The predicted molar refractivity (Wildman–Crippen MR) is 104 cm³/mol. The second-order valence-corrected chi connectivity index (χ2v) is 6.38. The van der Waals surface area contributed by atoms with E-state index in [1.54, 1.807) is 24.3 Å². The zero-order chi connectivity index (χ0) is 19.4. The standard InChI is InChI=1S/C21H18N2O4/c1-14(2)17-9-6-16(7-10-17)13-19-21(24)27-20(22-19)11-8-15-4-3-5-18(12-15)23(25)26/h3-14H,1-2H3/b11-8-,19-13+. The largest absolute Gasteiger partial charge is 0.403 e. The van der Waals surface area contributed by atoms with Crippen LogP contribution in [0.15, 0.2) is 65.3 Å². The molecule has 0 spiro atoms. The molecule has 1 heterocycles. The lowest BCUT2D eigenvalue weighted by molar-refractivity contribution is -0.384. The Morgan fingerprint density at radius 1 is 1.07 bits per heavy atom. The SMILES string of the molecule is CC(C)c1ccc(/C=C2N=C(/C=C\c3cccc([N+](=O)[O-])c3)OC/2=O)cc1. The first-order valence-electron chi connectivity index (χ1n) is 8.47. The maximum atomic E-state index is 12.0. The second-order valence-electron chi connectivity index (χ2n) is 6.38. The molecule has 0 aromatic heterocycles. The molecule has 0 atom stereocenters. The monoisotopic (exact) mass is 362 g/mol. The molecule has 0 fully saturated rings. The van der Waals surface area contributed by atoms with Crippen LogP contribution >= 0.6 is 0 Å². The summed E-state index contributed by atoms with van der Waals surface area (Å²) in [4.78, 5) is 26.5. The van der Waals surface area contributed by atoms with Crippen molar-refractivity contribution in [3.05, 3.63) is 87.1 Å². The number of carbonyl (C=O) groups is 1. The van der Waals surface area contributed by atoms with Crippen LogP contribution in [0.2, 0.25) is 0 Å². The molecule has 1 aliphatic rings. The summed E-state index contributed by atoms with van der Waals surface area (Å²) in [5, 5.41) is 10.8. The summed E-state index contributed by atoms with van der Waals surface area (Å²) in [5.74, 6) is 0.0601. The summed E-state index contributed by atoms with van der Waals surface area (Å²) >= 11 is 0. The highest BCUT2D eigenvalue weighted by molar-refractivity contribution is 6.11. The Hall–Kier alpha value is -3.54. The Balaban J connectivity index is 1.77. The van der Waals surface area contributed by atoms with Crippen molar-refractivity contribution in [2.45, 2.75) is 19.8 Å². The lowest BCUT2D eigenvalue weighted by Crippen LogP contribution is -2.01. The Labute approximate surface area is 156 Å². The second kappa shape index (κ2) is 7.78. The molecule has 2 aromatic carbocycles. The van der Waals surface area contributed by atoms with Gasteiger partial charge in [0.15, 0.2) is 5.70 Å². The predicted octanol–water partition coefficient (Wildman–Crippen LogP) is 4.73. The lowest BCUT2D eigenvalue weighted by Gasteiger charge is -2.04. The molecule has 0 saturated heterocycles. The highest BCUT2D eigenvalue weighted by Gasteiger charge is 2.21. The van der Waals surface area contributed by atoms with Crippen LogP contribution in [-0.2, 0) is 9.53 Å². The molecule has 0 N–H and O–H groups in total. The highest BCUT2D eigenvalue weighted by atomic mass is 16.6. The number of benzene rings is 2. The number of nitro groups is 1. The number of aliphatic imine (C=N–C) groups is 1. The molecule has 1 aliphatic heterocycles. The fourth-order valence-electron chi connectivity index (χ4n) is 2.54.